The van der Waals surface area contributed by atoms with Crippen molar-refractivity contribution < 1.29 is 19.0 Å². The third-order valence-electron chi connectivity index (χ3n) is 6.31. The van der Waals surface area contributed by atoms with E-state index in [2.05, 4.69) is 45.2 Å². The summed E-state index contributed by atoms with van der Waals surface area (Å²) in [7, 11) is 3.22. The van der Waals surface area contributed by atoms with Crippen LogP contribution in [0, 0.1) is 7.14 Å². The standard InChI is InChI=1S/C30H24I2N2O5S/c1-4-39-29(36)24-25(18-9-6-5-7-10-18)33-30-34(26(24)19-11-8-12-20(16-19)37-2)28(35)23(40-30)15-17-13-21(31)27(38-3)22(32)14-17/h5-16,26H,4H2,1-3H3/b23-15-/t26-/m1/s1. The van der Waals surface area contributed by atoms with E-state index in [9.17, 15) is 9.59 Å². The molecule has 1 atom stereocenters. The topological polar surface area (TPSA) is 79.1 Å². The summed E-state index contributed by atoms with van der Waals surface area (Å²) in [4.78, 5) is 33.0. The number of thiazole rings is 1. The van der Waals surface area contributed by atoms with Gasteiger partial charge in [0, 0.05) is 5.56 Å². The van der Waals surface area contributed by atoms with E-state index in [0.717, 1.165) is 24.0 Å². The molecule has 0 aliphatic carbocycles. The van der Waals surface area contributed by atoms with E-state index in [0.29, 0.717) is 31.9 Å². The molecule has 2 heterocycles. The molecule has 0 N–H and O–H groups in total. The molecule has 1 aliphatic rings. The lowest BCUT2D eigenvalue weighted by Gasteiger charge is -2.26. The Labute approximate surface area is 262 Å². The zero-order valence-corrected chi connectivity index (χ0v) is 26.9. The third kappa shape index (κ3) is 5.48. The number of halogens is 2. The molecule has 0 amide bonds. The Morgan fingerprint density at radius 1 is 1.02 bits per heavy atom. The molecule has 0 saturated carbocycles. The monoisotopic (exact) mass is 778 g/mol. The number of ether oxygens (including phenoxy) is 3. The number of hydrogen-bond donors (Lipinski definition) is 0. The zero-order chi connectivity index (χ0) is 28.4. The Hall–Kier alpha value is -2.97. The number of benzene rings is 3. The molecular weight excluding hydrogens is 754 g/mol. The molecule has 0 unspecified atom stereocenters. The highest BCUT2D eigenvalue weighted by Crippen LogP contribution is 2.36. The minimum atomic E-state index is -0.765. The van der Waals surface area contributed by atoms with Crippen molar-refractivity contribution in [2.24, 2.45) is 4.99 Å². The van der Waals surface area contributed by atoms with E-state index >= 15 is 0 Å². The SMILES string of the molecule is CCOC(=O)C1=C(c2ccccc2)N=c2s/c(=C\c3cc(I)c(OC)c(I)c3)c(=O)n2[C@@H]1c1cccc(OC)c1. The van der Waals surface area contributed by atoms with Crippen LogP contribution in [0.5, 0.6) is 11.5 Å². The fourth-order valence-corrected chi connectivity index (χ4v) is 7.83. The van der Waals surface area contributed by atoms with E-state index in [1.54, 1.807) is 25.7 Å². The Morgan fingerprint density at radius 3 is 2.40 bits per heavy atom. The second-order valence-corrected chi connectivity index (χ2v) is 12.1. The molecule has 3 aromatic carbocycles. The summed E-state index contributed by atoms with van der Waals surface area (Å²) < 4.78 is 20.5. The van der Waals surface area contributed by atoms with Crippen molar-refractivity contribution in [3.05, 3.63) is 116 Å². The molecule has 0 saturated heterocycles. The minimum Gasteiger partial charge on any atom is -0.497 e. The lowest BCUT2D eigenvalue weighted by atomic mass is 9.93. The summed E-state index contributed by atoms with van der Waals surface area (Å²) >= 11 is 5.74. The van der Waals surface area contributed by atoms with Crippen molar-refractivity contribution in [2.45, 2.75) is 13.0 Å². The molecule has 40 heavy (non-hydrogen) atoms. The van der Waals surface area contributed by atoms with Crippen molar-refractivity contribution >= 4 is 74.3 Å². The molecule has 5 rings (SSSR count). The highest BCUT2D eigenvalue weighted by Gasteiger charge is 2.35. The summed E-state index contributed by atoms with van der Waals surface area (Å²) in [5.74, 6) is 0.888. The number of nitrogens with zero attached hydrogens (tertiary/aromatic N) is 2. The second kappa shape index (κ2) is 12.3. The van der Waals surface area contributed by atoms with Gasteiger partial charge in [0.05, 0.1) is 49.8 Å². The van der Waals surface area contributed by atoms with Gasteiger partial charge >= 0.3 is 5.97 Å². The molecule has 4 aromatic rings. The van der Waals surface area contributed by atoms with Crippen molar-refractivity contribution in [1.82, 2.24) is 4.57 Å². The summed E-state index contributed by atoms with van der Waals surface area (Å²) in [5.41, 5.74) is 2.88. The Kier molecular flexibility index (Phi) is 8.76. The number of aromatic nitrogens is 1. The fourth-order valence-electron chi connectivity index (χ4n) is 4.58. The maximum Gasteiger partial charge on any atom is 0.338 e. The number of methoxy groups -OCH3 is 2. The van der Waals surface area contributed by atoms with Gasteiger partial charge in [0.25, 0.3) is 5.56 Å². The van der Waals surface area contributed by atoms with E-state index in [1.165, 1.54) is 11.3 Å². The van der Waals surface area contributed by atoms with Gasteiger partial charge in [-0.3, -0.25) is 9.36 Å². The molecule has 7 nitrogen and oxygen atoms in total. The average Bonchev–Trinajstić information content (AvgIpc) is 3.26. The second-order valence-electron chi connectivity index (χ2n) is 8.73. The van der Waals surface area contributed by atoms with Crippen LogP contribution in [0.15, 0.2) is 82.1 Å². The summed E-state index contributed by atoms with van der Waals surface area (Å²) in [6.07, 6.45) is 1.85. The molecule has 1 aliphatic heterocycles. The van der Waals surface area contributed by atoms with Gasteiger partial charge < -0.3 is 14.2 Å². The predicted molar refractivity (Wildman–Crippen MR) is 172 cm³/mol. The first kappa shape index (κ1) is 28.6. The Morgan fingerprint density at radius 2 is 1.75 bits per heavy atom. The van der Waals surface area contributed by atoms with Crippen molar-refractivity contribution in [1.29, 1.82) is 0 Å². The van der Waals surface area contributed by atoms with Crippen LogP contribution >= 0.6 is 56.5 Å². The summed E-state index contributed by atoms with van der Waals surface area (Å²) in [6.45, 7) is 1.95. The van der Waals surface area contributed by atoms with Gasteiger partial charge in [0.15, 0.2) is 4.80 Å². The maximum atomic E-state index is 14.1. The summed E-state index contributed by atoms with van der Waals surface area (Å²) in [6, 6.07) is 20.1. The van der Waals surface area contributed by atoms with Crippen molar-refractivity contribution in [2.75, 3.05) is 20.8 Å². The van der Waals surface area contributed by atoms with E-state index in [1.807, 2.05) is 72.8 Å². The number of carbonyl (C=O) groups excluding carboxylic acids is 1. The maximum absolute atomic E-state index is 14.1. The van der Waals surface area contributed by atoms with Crippen LogP contribution in [0.2, 0.25) is 0 Å². The van der Waals surface area contributed by atoms with E-state index in [4.69, 9.17) is 19.2 Å². The van der Waals surface area contributed by atoms with Crippen LogP contribution in [0.1, 0.15) is 29.7 Å². The Bertz CT molecular complexity index is 1790. The summed E-state index contributed by atoms with van der Waals surface area (Å²) in [5, 5.41) is 0. The molecule has 1 aromatic heterocycles. The molecule has 204 valence electrons. The molecule has 0 radical (unpaired) electrons. The highest BCUT2D eigenvalue weighted by molar-refractivity contribution is 14.1. The quantitative estimate of drug-likeness (QED) is 0.192. The largest absolute Gasteiger partial charge is 0.497 e. The van der Waals surface area contributed by atoms with Gasteiger partial charge in [0.1, 0.15) is 11.5 Å². The lowest BCUT2D eigenvalue weighted by Crippen LogP contribution is -2.40. The highest BCUT2D eigenvalue weighted by atomic mass is 127. The normalized spacial score (nSPS) is 14.9. The Balaban J connectivity index is 1.82. The first-order valence-corrected chi connectivity index (χ1v) is 15.3. The number of fused-ring (bicyclic) bond motifs is 1. The van der Waals surface area contributed by atoms with Crippen LogP contribution in [0.25, 0.3) is 11.8 Å². The fraction of sp³-hybridized carbons (Fsp3) is 0.167. The number of esters is 1. The first-order chi connectivity index (χ1) is 19.4. The molecular formula is C30H24I2N2O5S. The van der Waals surface area contributed by atoms with Crippen molar-refractivity contribution in [3.63, 3.8) is 0 Å². The molecule has 0 fully saturated rings. The smallest absolute Gasteiger partial charge is 0.338 e. The average molecular weight is 778 g/mol. The zero-order valence-electron chi connectivity index (χ0n) is 21.8. The van der Waals surface area contributed by atoms with Crippen LogP contribution < -0.4 is 24.4 Å². The molecule has 0 bridgehead atoms. The number of carbonyl (C=O) groups is 1. The van der Waals surface area contributed by atoms with Gasteiger partial charge in [-0.1, -0.05) is 53.8 Å². The lowest BCUT2D eigenvalue weighted by molar-refractivity contribution is -0.138. The van der Waals surface area contributed by atoms with Gasteiger partial charge in [-0.15, -0.1) is 0 Å². The van der Waals surface area contributed by atoms with Crippen LogP contribution in [0.4, 0.5) is 0 Å². The van der Waals surface area contributed by atoms with Crippen LogP contribution in [-0.4, -0.2) is 31.4 Å². The van der Waals surface area contributed by atoms with Gasteiger partial charge in [0.2, 0.25) is 0 Å². The van der Waals surface area contributed by atoms with Gasteiger partial charge in [-0.05, 0) is 93.6 Å². The first-order valence-electron chi connectivity index (χ1n) is 12.3. The van der Waals surface area contributed by atoms with Gasteiger partial charge in [-0.2, -0.15) is 0 Å². The van der Waals surface area contributed by atoms with Gasteiger partial charge in [-0.25, -0.2) is 9.79 Å². The minimum absolute atomic E-state index is 0.189. The molecule has 0 spiro atoms. The third-order valence-corrected chi connectivity index (χ3v) is 8.89. The van der Waals surface area contributed by atoms with Crippen LogP contribution in [-0.2, 0) is 9.53 Å². The van der Waals surface area contributed by atoms with Crippen molar-refractivity contribution in [3.8, 4) is 11.5 Å². The predicted octanol–water partition coefficient (Wildman–Crippen LogP) is 5.16. The molecule has 10 heteroatoms. The van der Waals surface area contributed by atoms with E-state index < -0.39 is 12.0 Å². The van der Waals surface area contributed by atoms with Crippen LogP contribution in [0.3, 0.4) is 0 Å². The van der Waals surface area contributed by atoms with E-state index in [-0.39, 0.29) is 12.2 Å². The number of hydrogen-bond acceptors (Lipinski definition) is 7. The number of rotatable bonds is 7.